The van der Waals surface area contributed by atoms with Crippen molar-refractivity contribution < 1.29 is 4.79 Å². The molecule has 2 N–H and O–H groups in total. The molecule has 1 fully saturated rings. The average molecular weight is 462 g/mol. The minimum Gasteiger partial charge on any atom is -0.349 e. The summed E-state index contributed by atoms with van der Waals surface area (Å²) in [6.45, 7) is 8.89. The molecule has 1 atom stereocenters. The molecule has 0 unspecified atom stereocenters. The number of hydrogen-bond donors (Lipinski definition) is 2. The second kappa shape index (κ2) is 9.95. The summed E-state index contributed by atoms with van der Waals surface area (Å²) in [5, 5.41) is 7.33. The molecule has 7 heteroatoms. The predicted molar refractivity (Wildman–Crippen MR) is 136 cm³/mol. The highest BCUT2D eigenvalue weighted by Crippen LogP contribution is 2.22. The summed E-state index contributed by atoms with van der Waals surface area (Å²) in [6, 6.07) is 11.2. The molecule has 0 spiro atoms. The highest BCUT2D eigenvalue weighted by Gasteiger charge is 2.18. The number of anilines is 1. The van der Waals surface area contributed by atoms with Crippen molar-refractivity contribution in [3.63, 3.8) is 0 Å². The first kappa shape index (κ1) is 23.9. The van der Waals surface area contributed by atoms with E-state index in [2.05, 4.69) is 41.4 Å². The van der Waals surface area contributed by atoms with Gasteiger partial charge in [0.25, 0.3) is 11.5 Å². The first-order valence-corrected chi connectivity index (χ1v) is 12.2. The second-order valence-corrected chi connectivity index (χ2v) is 10.6. The van der Waals surface area contributed by atoms with Gasteiger partial charge in [0.2, 0.25) is 5.95 Å². The van der Waals surface area contributed by atoms with Crippen LogP contribution in [0.3, 0.4) is 0 Å². The molecule has 1 aliphatic carbocycles. The zero-order valence-electron chi connectivity index (χ0n) is 20.6. The Morgan fingerprint density at radius 2 is 1.79 bits per heavy atom. The number of carbonyl (C=O) groups excluding carboxylic acids is 1. The van der Waals surface area contributed by atoms with E-state index in [9.17, 15) is 9.59 Å². The third-order valence-electron chi connectivity index (χ3n) is 6.31. The van der Waals surface area contributed by atoms with Crippen LogP contribution < -0.4 is 16.2 Å². The molecule has 3 aromatic rings. The maximum Gasteiger partial charge on any atom is 0.252 e. The van der Waals surface area contributed by atoms with E-state index in [1.807, 2.05) is 31.2 Å². The lowest BCUT2D eigenvalue weighted by molar-refractivity contribution is 0.0927. The maximum atomic E-state index is 12.6. The van der Waals surface area contributed by atoms with Crippen LogP contribution in [0.4, 0.5) is 5.95 Å². The fourth-order valence-electron chi connectivity index (χ4n) is 4.48. The van der Waals surface area contributed by atoms with Gasteiger partial charge in [-0.05, 0) is 48.9 Å². The summed E-state index contributed by atoms with van der Waals surface area (Å²) in [7, 11) is 0. The number of rotatable bonds is 6. The van der Waals surface area contributed by atoms with E-state index in [-0.39, 0.29) is 22.9 Å². The van der Waals surface area contributed by atoms with Gasteiger partial charge in [0.1, 0.15) is 5.65 Å². The number of nitrogens with one attached hydrogen (secondary N) is 2. The van der Waals surface area contributed by atoms with Crippen molar-refractivity contribution in [2.45, 2.75) is 78.4 Å². The Hall–Kier alpha value is -3.22. The van der Waals surface area contributed by atoms with Gasteiger partial charge in [0.05, 0.1) is 6.04 Å². The molecule has 1 saturated carbocycles. The molecule has 4 rings (SSSR count). The summed E-state index contributed by atoms with van der Waals surface area (Å²) < 4.78 is 1.71. The smallest absolute Gasteiger partial charge is 0.252 e. The third kappa shape index (κ3) is 5.82. The topological polar surface area (TPSA) is 88.9 Å². The van der Waals surface area contributed by atoms with Crippen LogP contribution in [-0.2, 0) is 6.54 Å². The molecule has 180 valence electrons. The Balaban J connectivity index is 1.48. The maximum absolute atomic E-state index is 12.6. The summed E-state index contributed by atoms with van der Waals surface area (Å²) in [6.07, 6.45) is 7.53. The Bertz CT molecular complexity index is 1200. The van der Waals surface area contributed by atoms with Gasteiger partial charge in [-0.15, -0.1) is 0 Å². The molecule has 2 heterocycles. The molecule has 0 bridgehead atoms. The van der Waals surface area contributed by atoms with Crippen molar-refractivity contribution in [3.8, 4) is 0 Å². The molecule has 1 amide bonds. The van der Waals surface area contributed by atoms with Crippen LogP contribution in [0, 0.1) is 5.41 Å². The molecule has 1 aliphatic rings. The lowest BCUT2D eigenvalue weighted by Crippen LogP contribution is -2.36. The number of hydrogen-bond acceptors (Lipinski definition) is 5. The lowest BCUT2D eigenvalue weighted by atomic mass is 9.95. The number of carbonyl (C=O) groups is 1. The van der Waals surface area contributed by atoms with Gasteiger partial charge in [0, 0.05) is 35.8 Å². The molecule has 0 saturated heterocycles. The zero-order chi connectivity index (χ0) is 24.3. The van der Waals surface area contributed by atoms with Gasteiger partial charge >= 0.3 is 0 Å². The predicted octanol–water partition coefficient (Wildman–Crippen LogP) is 5.07. The van der Waals surface area contributed by atoms with Crippen molar-refractivity contribution in [1.29, 1.82) is 0 Å². The van der Waals surface area contributed by atoms with E-state index in [1.54, 1.807) is 22.9 Å². The van der Waals surface area contributed by atoms with Crippen molar-refractivity contribution in [2.24, 2.45) is 5.41 Å². The SMILES string of the molecule is C[C@H](Nc1ncc2ccc(=O)n(CC(C)(C)C)c2n1)c1ccc(C(=O)NC2CCCCC2)cc1. The van der Waals surface area contributed by atoms with Gasteiger partial charge in [-0.25, -0.2) is 4.98 Å². The normalized spacial score (nSPS) is 15.8. The monoisotopic (exact) mass is 461 g/mol. The number of nitrogens with zero attached hydrogens (tertiary/aromatic N) is 3. The molecule has 0 radical (unpaired) electrons. The quantitative estimate of drug-likeness (QED) is 0.535. The average Bonchev–Trinajstić information content (AvgIpc) is 2.81. The zero-order valence-corrected chi connectivity index (χ0v) is 20.6. The Morgan fingerprint density at radius 1 is 1.09 bits per heavy atom. The van der Waals surface area contributed by atoms with Gasteiger partial charge < -0.3 is 10.6 Å². The number of pyridine rings is 1. The van der Waals surface area contributed by atoms with Crippen LogP contribution in [0.15, 0.2) is 47.4 Å². The molecular weight excluding hydrogens is 426 g/mol. The van der Waals surface area contributed by atoms with Gasteiger partial charge in [-0.2, -0.15) is 4.98 Å². The van der Waals surface area contributed by atoms with Crippen molar-refractivity contribution >= 4 is 22.9 Å². The number of amides is 1. The standard InChI is InChI=1S/C27H35N5O2/c1-18(19-10-12-20(13-11-19)25(34)30-22-8-6-5-7-9-22)29-26-28-16-21-14-15-23(33)32(24(21)31-26)17-27(2,3)4/h10-16,18,22H,5-9,17H2,1-4H3,(H,30,34)(H,28,29,31)/t18-/m0/s1. The van der Waals surface area contributed by atoms with Gasteiger partial charge in [-0.3, -0.25) is 14.2 Å². The molecule has 0 aliphatic heterocycles. The van der Waals surface area contributed by atoms with Crippen LogP contribution in [0.1, 0.15) is 81.8 Å². The third-order valence-corrected chi connectivity index (χ3v) is 6.31. The molecule has 2 aromatic heterocycles. The van der Waals surface area contributed by atoms with Crippen LogP contribution >= 0.6 is 0 Å². The van der Waals surface area contributed by atoms with E-state index in [4.69, 9.17) is 0 Å². The minimum atomic E-state index is -0.0700. The van der Waals surface area contributed by atoms with E-state index >= 15 is 0 Å². The lowest BCUT2D eigenvalue weighted by Gasteiger charge is -2.23. The first-order valence-electron chi connectivity index (χ1n) is 12.2. The second-order valence-electron chi connectivity index (χ2n) is 10.6. The highest BCUT2D eigenvalue weighted by atomic mass is 16.1. The van der Waals surface area contributed by atoms with Crippen molar-refractivity contribution in [2.75, 3.05) is 5.32 Å². The Morgan fingerprint density at radius 3 is 2.47 bits per heavy atom. The summed E-state index contributed by atoms with van der Waals surface area (Å²) in [5.74, 6) is 0.459. The van der Waals surface area contributed by atoms with Crippen LogP contribution in [0.2, 0.25) is 0 Å². The number of aromatic nitrogens is 3. The van der Waals surface area contributed by atoms with Crippen LogP contribution in [-0.4, -0.2) is 26.5 Å². The number of benzene rings is 1. The highest BCUT2D eigenvalue weighted by molar-refractivity contribution is 5.94. The van der Waals surface area contributed by atoms with Gasteiger partial charge in [0.15, 0.2) is 0 Å². The van der Waals surface area contributed by atoms with Crippen molar-refractivity contribution in [1.82, 2.24) is 19.9 Å². The summed E-state index contributed by atoms with van der Waals surface area (Å²) >= 11 is 0. The molecule has 1 aromatic carbocycles. The van der Waals surface area contributed by atoms with E-state index in [0.717, 1.165) is 23.8 Å². The van der Waals surface area contributed by atoms with E-state index in [0.29, 0.717) is 29.7 Å². The summed E-state index contributed by atoms with van der Waals surface area (Å²) in [5.41, 5.74) is 2.20. The Labute approximate surface area is 201 Å². The molecular formula is C27H35N5O2. The van der Waals surface area contributed by atoms with Crippen molar-refractivity contribution in [3.05, 3.63) is 64.1 Å². The summed E-state index contributed by atoms with van der Waals surface area (Å²) in [4.78, 5) is 34.2. The van der Waals surface area contributed by atoms with Gasteiger partial charge in [-0.1, -0.05) is 52.2 Å². The Kier molecular flexibility index (Phi) is 7.00. The fraction of sp³-hybridized carbons (Fsp3) is 0.481. The van der Waals surface area contributed by atoms with E-state index < -0.39 is 0 Å². The molecule has 7 nitrogen and oxygen atoms in total. The largest absolute Gasteiger partial charge is 0.349 e. The van der Waals surface area contributed by atoms with E-state index in [1.165, 1.54) is 19.3 Å². The number of fused-ring (bicyclic) bond motifs is 1. The minimum absolute atomic E-state index is 0.00579. The fourth-order valence-corrected chi connectivity index (χ4v) is 4.48. The first-order chi connectivity index (χ1) is 16.2. The molecule has 34 heavy (non-hydrogen) atoms. The van der Waals surface area contributed by atoms with Crippen LogP contribution in [0.5, 0.6) is 0 Å². The van der Waals surface area contributed by atoms with Crippen LogP contribution in [0.25, 0.3) is 11.0 Å².